The summed E-state index contributed by atoms with van der Waals surface area (Å²) in [7, 11) is 0. The third-order valence-corrected chi connectivity index (χ3v) is 6.36. The van der Waals surface area contributed by atoms with Crippen LogP contribution < -0.4 is 5.32 Å². The normalized spacial score (nSPS) is 24.2. The Morgan fingerprint density at radius 3 is 2.69 bits per heavy atom. The average molecular weight is 377 g/mol. The molecule has 2 amide bonds. The first-order valence-electron chi connectivity index (χ1n) is 9.71. The Bertz CT molecular complexity index is 590. The second-order valence-corrected chi connectivity index (χ2v) is 8.40. The van der Waals surface area contributed by atoms with Crippen LogP contribution in [0.5, 0.6) is 0 Å². The lowest BCUT2D eigenvalue weighted by molar-refractivity contribution is -0.131. The summed E-state index contributed by atoms with van der Waals surface area (Å²) in [6.45, 7) is 1.36. The maximum Gasteiger partial charge on any atom is 0.222 e. The second kappa shape index (κ2) is 9.90. The Hall–Kier alpha value is -1.63. The average Bonchev–Trinajstić information content (AvgIpc) is 2.87. The fourth-order valence-corrected chi connectivity index (χ4v) is 4.68. The third kappa shape index (κ3) is 5.97. The van der Waals surface area contributed by atoms with E-state index in [1.807, 2.05) is 11.0 Å². The number of nitrogens with zero attached hydrogens (tertiary/aromatic N) is 3. The summed E-state index contributed by atoms with van der Waals surface area (Å²) in [5.74, 6) is 0.278. The minimum absolute atomic E-state index is 0.0737. The Morgan fingerprint density at radius 1 is 1.15 bits per heavy atom. The van der Waals surface area contributed by atoms with Crippen molar-refractivity contribution < 1.29 is 9.59 Å². The fraction of sp³-hybridized carbons (Fsp3) is 0.684. The Balaban J connectivity index is 1.34. The summed E-state index contributed by atoms with van der Waals surface area (Å²) in [5, 5.41) is 4.52. The summed E-state index contributed by atoms with van der Waals surface area (Å²) in [5.41, 5.74) is 0. The molecule has 0 unspecified atom stereocenters. The molecule has 1 aliphatic carbocycles. The summed E-state index contributed by atoms with van der Waals surface area (Å²) in [4.78, 5) is 34.6. The van der Waals surface area contributed by atoms with E-state index in [1.54, 1.807) is 24.2 Å². The number of rotatable bonds is 6. The zero-order valence-corrected chi connectivity index (χ0v) is 16.0. The van der Waals surface area contributed by atoms with E-state index >= 15 is 0 Å². The molecule has 1 aromatic rings. The molecule has 1 saturated carbocycles. The van der Waals surface area contributed by atoms with Crippen molar-refractivity contribution in [3.8, 4) is 0 Å². The van der Waals surface area contributed by atoms with Crippen LogP contribution in [0.2, 0.25) is 0 Å². The number of aromatic nitrogens is 2. The van der Waals surface area contributed by atoms with Crippen molar-refractivity contribution in [1.82, 2.24) is 20.2 Å². The zero-order valence-electron chi connectivity index (χ0n) is 15.2. The third-order valence-electron chi connectivity index (χ3n) is 5.13. The van der Waals surface area contributed by atoms with Crippen LogP contribution in [0.1, 0.15) is 57.8 Å². The molecule has 0 spiro atoms. The molecule has 6 nitrogen and oxygen atoms in total. The maximum atomic E-state index is 12.2. The number of hydrogen-bond donors (Lipinski definition) is 1. The molecule has 2 aliphatic rings. The lowest BCUT2D eigenvalue weighted by atomic mass is 9.95. The van der Waals surface area contributed by atoms with Crippen LogP contribution >= 0.6 is 11.8 Å². The van der Waals surface area contributed by atoms with Crippen molar-refractivity contribution in [1.29, 1.82) is 0 Å². The number of amides is 2. The van der Waals surface area contributed by atoms with Crippen LogP contribution in [0.25, 0.3) is 0 Å². The second-order valence-electron chi connectivity index (χ2n) is 7.13. The SMILES string of the molecule is O=C(CCN1CCCCCC1=O)NC1CCC(Sc2ncccn2)CC1. The lowest BCUT2D eigenvalue weighted by Crippen LogP contribution is -2.40. The molecule has 7 heteroatoms. The van der Waals surface area contributed by atoms with Crippen molar-refractivity contribution in [2.45, 2.75) is 74.2 Å². The molecule has 2 fully saturated rings. The van der Waals surface area contributed by atoms with Gasteiger partial charge in [0.2, 0.25) is 11.8 Å². The minimum Gasteiger partial charge on any atom is -0.353 e. The maximum absolute atomic E-state index is 12.2. The topological polar surface area (TPSA) is 75.2 Å². The smallest absolute Gasteiger partial charge is 0.222 e. The van der Waals surface area contributed by atoms with Gasteiger partial charge in [-0.25, -0.2) is 9.97 Å². The first-order valence-corrected chi connectivity index (χ1v) is 10.6. The quantitative estimate of drug-likeness (QED) is 0.773. The molecule has 0 atom stereocenters. The molecule has 142 valence electrons. The number of thioether (sulfide) groups is 1. The summed E-state index contributed by atoms with van der Waals surface area (Å²) in [6.07, 6.45) is 11.9. The highest BCUT2D eigenvalue weighted by molar-refractivity contribution is 7.99. The van der Waals surface area contributed by atoms with E-state index < -0.39 is 0 Å². The van der Waals surface area contributed by atoms with Crippen molar-refractivity contribution in [3.05, 3.63) is 18.5 Å². The Kier molecular flexibility index (Phi) is 7.29. The van der Waals surface area contributed by atoms with Crippen LogP contribution in [-0.2, 0) is 9.59 Å². The molecule has 1 saturated heterocycles. The van der Waals surface area contributed by atoms with Crippen molar-refractivity contribution in [3.63, 3.8) is 0 Å². The van der Waals surface area contributed by atoms with E-state index in [-0.39, 0.29) is 17.9 Å². The number of nitrogens with one attached hydrogen (secondary N) is 1. The summed E-state index contributed by atoms with van der Waals surface area (Å²) >= 11 is 1.74. The fourth-order valence-electron chi connectivity index (χ4n) is 3.63. The molecule has 0 radical (unpaired) electrons. The van der Waals surface area contributed by atoms with Gasteiger partial charge in [0, 0.05) is 49.6 Å². The largest absolute Gasteiger partial charge is 0.353 e. The molecule has 26 heavy (non-hydrogen) atoms. The van der Waals surface area contributed by atoms with Gasteiger partial charge in [0.1, 0.15) is 0 Å². The number of likely N-dealkylation sites (tertiary alicyclic amines) is 1. The monoisotopic (exact) mass is 376 g/mol. The highest BCUT2D eigenvalue weighted by atomic mass is 32.2. The van der Waals surface area contributed by atoms with E-state index in [0.717, 1.165) is 56.6 Å². The summed E-state index contributed by atoms with van der Waals surface area (Å²) < 4.78 is 0. The van der Waals surface area contributed by atoms with Crippen molar-refractivity contribution in [2.24, 2.45) is 0 Å². The molecule has 0 bridgehead atoms. The predicted octanol–water partition coefficient (Wildman–Crippen LogP) is 2.79. The molecule has 1 N–H and O–H groups in total. The van der Waals surface area contributed by atoms with Gasteiger partial charge in [-0.05, 0) is 44.6 Å². The van der Waals surface area contributed by atoms with Crippen LogP contribution in [0, 0.1) is 0 Å². The highest BCUT2D eigenvalue weighted by Crippen LogP contribution is 2.31. The number of hydrogen-bond acceptors (Lipinski definition) is 5. The van der Waals surface area contributed by atoms with Crippen molar-refractivity contribution in [2.75, 3.05) is 13.1 Å². The molecule has 1 aliphatic heterocycles. The van der Waals surface area contributed by atoms with Gasteiger partial charge in [0.25, 0.3) is 0 Å². The van der Waals surface area contributed by atoms with Gasteiger partial charge in [-0.15, -0.1) is 0 Å². The van der Waals surface area contributed by atoms with Gasteiger partial charge in [-0.3, -0.25) is 9.59 Å². The minimum atomic E-state index is 0.0737. The first-order chi connectivity index (χ1) is 12.7. The van der Waals surface area contributed by atoms with Crippen LogP contribution in [0.3, 0.4) is 0 Å². The van der Waals surface area contributed by atoms with Gasteiger partial charge in [-0.2, -0.15) is 0 Å². The van der Waals surface area contributed by atoms with Gasteiger partial charge in [0.05, 0.1) is 0 Å². The molecular weight excluding hydrogens is 348 g/mol. The van der Waals surface area contributed by atoms with Crippen molar-refractivity contribution >= 4 is 23.6 Å². The van der Waals surface area contributed by atoms with Gasteiger partial charge < -0.3 is 10.2 Å². The number of carbonyl (C=O) groups excluding carboxylic acids is 2. The molecular formula is C19H28N4O2S. The van der Waals surface area contributed by atoms with E-state index in [1.165, 1.54) is 0 Å². The molecule has 0 aromatic carbocycles. The molecule has 1 aromatic heterocycles. The zero-order chi connectivity index (χ0) is 18.2. The summed E-state index contributed by atoms with van der Waals surface area (Å²) in [6, 6.07) is 2.09. The van der Waals surface area contributed by atoms with Crippen LogP contribution in [-0.4, -0.2) is 51.1 Å². The van der Waals surface area contributed by atoms with E-state index in [0.29, 0.717) is 24.6 Å². The van der Waals surface area contributed by atoms with E-state index in [9.17, 15) is 9.59 Å². The standard InChI is InChI=1S/C19H28N4O2S/c24-17(10-14-23-13-3-1-2-5-18(23)25)22-15-6-8-16(9-7-15)26-19-20-11-4-12-21-19/h4,11-12,15-16H,1-3,5-10,13-14H2,(H,22,24). The van der Waals surface area contributed by atoms with Gasteiger partial charge >= 0.3 is 0 Å². The Morgan fingerprint density at radius 2 is 1.92 bits per heavy atom. The number of carbonyl (C=O) groups is 2. The van der Waals surface area contributed by atoms with Crippen LogP contribution in [0.4, 0.5) is 0 Å². The molecule has 2 heterocycles. The van der Waals surface area contributed by atoms with Gasteiger partial charge in [-0.1, -0.05) is 18.2 Å². The predicted molar refractivity (Wildman–Crippen MR) is 102 cm³/mol. The lowest BCUT2D eigenvalue weighted by Gasteiger charge is -2.28. The molecule has 3 rings (SSSR count). The highest BCUT2D eigenvalue weighted by Gasteiger charge is 2.24. The van der Waals surface area contributed by atoms with E-state index in [2.05, 4.69) is 15.3 Å². The van der Waals surface area contributed by atoms with E-state index in [4.69, 9.17) is 0 Å². The van der Waals surface area contributed by atoms with Gasteiger partial charge in [0.15, 0.2) is 5.16 Å². The first kappa shape index (κ1) is 19.1. The van der Waals surface area contributed by atoms with Crippen LogP contribution in [0.15, 0.2) is 23.6 Å². The Labute approximate surface area is 159 Å².